The molecule has 2 aromatic rings. The van der Waals surface area contributed by atoms with Crippen LogP contribution in [0.2, 0.25) is 10.0 Å². The molecule has 0 fully saturated rings. The van der Waals surface area contributed by atoms with Crippen molar-refractivity contribution in [1.29, 1.82) is 0 Å². The number of phenols is 1. The first-order chi connectivity index (χ1) is 8.16. The first-order valence-corrected chi connectivity index (χ1v) is 5.88. The fourth-order valence-electron chi connectivity index (χ4n) is 1.51. The zero-order chi connectivity index (χ0) is 12.3. The normalized spacial score (nSPS) is 9.67. The van der Waals surface area contributed by atoms with E-state index in [1.54, 1.807) is 6.07 Å². The monoisotopic (exact) mass is 303 g/mol. The van der Waals surface area contributed by atoms with Gasteiger partial charge in [-0.15, -0.1) is 12.4 Å². The van der Waals surface area contributed by atoms with Gasteiger partial charge in [0.15, 0.2) is 0 Å². The summed E-state index contributed by atoms with van der Waals surface area (Å²) in [5.74, 6) is 0.0690. The van der Waals surface area contributed by atoms with E-state index >= 15 is 0 Å². The van der Waals surface area contributed by atoms with Crippen molar-refractivity contribution in [3.05, 3.63) is 58.1 Å². The Kier molecular flexibility index (Phi) is 5.60. The predicted octanol–water partition coefficient (Wildman–Crippen LogP) is 4.73. The third-order valence-electron chi connectivity index (χ3n) is 2.36. The van der Waals surface area contributed by atoms with E-state index in [0.29, 0.717) is 17.1 Å². The van der Waals surface area contributed by atoms with Crippen LogP contribution in [0, 0.1) is 0 Å². The van der Waals surface area contributed by atoms with Crippen molar-refractivity contribution in [2.24, 2.45) is 0 Å². The molecule has 0 unspecified atom stereocenters. The van der Waals surface area contributed by atoms with E-state index < -0.39 is 0 Å². The topological polar surface area (TPSA) is 32.3 Å². The lowest BCUT2D eigenvalue weighted by Crippen LogP contribution is -1.99. The lowest BCUT2D eigenvalue weighted by molar-refractivity contribution is 0.469. The summed E-state index contributed by atoms with van der Waals surface area (Å²) in [4.78, 5) is 0. The van der Waals surface area contributed by atoms with Gasteiger partial charge in [0.25, 0.3) is 0 Å². The Morgan fingerprint density at radius 3 is 2.39 bits per heavy atom. The van der Waals surface area contributed by atoms with Gasteiger partial charge in [0.1, 0.15) is 5.75 Å². The van der Waals surface area contributed by atoms with Crippen molar-refractivity contribution in [3.8, 4) is 5.75 Å². The van der Waals surface area contributed by atoms with Gasteiger partial charge in [-0.1, -0.05) is 41.4 Å². The van der Waals surface area contributed by atoms with Crippen LogP contribution in [-0.2, 0) is 6.54 Å². The predicted molar refractivity (Wildman–Crippen MR) is 79.1 cm³/mol. The second-order valence-corrected chi connectivity index (χ2v) is 4.46. The van der Waals surface area contributed by atoms with E-state index in [1.165, 1.54) is 6.07 Å². The number of benzene rings is 2. The maximum Gasteiger partial charge on any atom is 0.139 e. The molecule has 0 saturated heterocycles. The zero-order valence-electron chi connectivity index (χ0n) is 9.36. The fourth-order valence-corrected chi connectivity index (χ4v) is 2.04. The van der Waals surface area contributed by atoms with E-state index in [0.717, 1.165) is 5.69 Å². The van der Waals surface area contributed by atoms with Crippen LogP contribution in [-0.4, -0.2) is 5.11 Å². The molecule has 0 amide bonds. The molecule has 0 saturated carbocycles. The molecular weight excluding hydrogens is 293 g/mol. The molecule has 0 aliphatic rings. The van der Waals surface area contributed by atoms with E-state index in [-0.39, 0.29) is 23.2 Å². The molecule has 0 aromatic heterocycles. The second kappa shape index (κ2) is 6.74. The van der Waals surface area contributed by atoms with Crippen LogP contribution in [0.3, 0.4) is 0 Å². The molecule has 0 aliphatic heterocycles. The van der Waals surface area contributed by atoms with Crippen LogP contribution in [0.5, 0.6) is 5.75 Å². The summed E-state index contributed by atoms with van der Waals surface area (Å²) >= 11 is 11.7. The Labute approximate surface area is 122 Å². The van der Waals surface area contributed by atoms with Crippen LogP contribution in [0.4, 0.5) is 5.69 Å². The van der Waals surface area contributed by atoms with Gasteiger partial charge in [0.05, 0.1) is 5.02 Å². The number of nitrogens with one attached hydrogen (secondary N) is 1. The highest BCUT2D eigenvalue weighted by Gasteiger charge is 2.07. The Balaban J connectivity index is 0.00000162. The first-order valence-electron chi connectivity index (χ1n) is 5.12. The van der Waals surface area contributed by atoms with Crippen molar-refractivity contribution in [2.45, 2.75) is 6.54 Å². The third kappa shape index (κ3) is 3.70. The number of anilines is 1. The zero-order valence-corrected chi connectivity index (χ0v) is 11.7. The summed E-state index contributed by atoms with van der Waals surface area (Å²) in [5, 5.41) is 13.7. The van der Waals surface area contributed by atoms with Crippen molar-refractivity contribution >= 4 is 41.3 Å². The number of halogens is 3. The molecule has 18 heavy (non-hydrogen) atoms. The minimum absolute atomic E-state index is 0. The van der Waals surface area contributed by atoms with Crippen molar-refractivity contribution in [2.75, 3.05) is 5.32 Å². The lowest BCUT2D eigenvalue weighted by atomic mass is 10.2. The summed E-state index contributed by atoms with van der Waals surface area (Å²) in [6.45, 7) is 0.468. The maximum absolute atomic E-state index is 9.77. The van der Waals surface area contributed by atoms with Crippen LogP contribution >= 0.6 is 35.6 Å². The highest BCUT2D eigenvalue weighted by Crippen LogP contribution is 2.31. The van der Waals surface area contributed by atoms with E-state index in [9.17, 15) is 5.11 Å². The quantitative estimate of drug-likeness (QED) is 0.859. The number of para-hydroxylation sites is 1. The smallest absolute Gasteiger partial charge is 0.139 e. The van der Waals surface area contributed by atoms with Crippen LogP contribution in [0.15, 0.2) is 42.5 Å². The van der Waals surface area contributed by atoms with E-state index in [4.69, 9.17) is 23.2 Å². The first kappa shape index (κ1) is 15.0. The molecule has 0 radical (unpaired) electrons. The Morgan fingerprint density at radius 1 is 1.06 bits per heavy atom. The summed E-state index contributed by atoms with van der Waals surface area (Å²) in [6.07, 6.45) is 0. The van der Waals surface area contributed by atoms with E-state index in [1.807, 2.05) is 30.3 Å². The van der Waals surface area contributed by atoms with Gasteiger partial charge in [-0.25, -0.2) is 0 Å². The second-order valence-electron chi connectivity index (χ2n) is 3.61. The molecular formula is C13H12Cl3NO. The number of hydrogen-bond donors (Lipinski definition) is 2. The highest BCUT2D eigenvalue weighted by molar-refractivity contribution is 6.35. The molecule has 0 heterocycles. The number of phenolic OH excluding ortho intramolecular Hbond substituents is 1. The van der Waals surface area contributed by atoms with Crippen LogP contribution in [0.1, 0.15) is 5.56 Å². The molecule has 0 spiro atoms. The third-order valence-corrected chi connectivity index (χ3v) is 2.87. The van der Waals surface area contributed by atoms with Gasteiger partial charge in [0, 0.05) is 22.8 Å². The highest BCUT2D eigenvalue weighted by atomic mass is 35.5. The molecule has 2 N–H and O–H groups in total. The van der Waals surface area contributed by atoms with E-state index in [2.05, 4.69) is 5.32 Å². The average Bonchev–Trinajstić information content (AvgIpc) is 2.33. The van der Waals surface area contributed by atoms with Crippen LogP contribution < -0.4 is 5.32 Å². The Morgan fingerprint density at radius 2 is 1.72 bits per heavy atom. The summed E-state index contributed by atoms with van der Waals surface area (Å²) in [6, 6.07) is 12.9. The number of rotatable bonds is 3. The Bertz CT molecular complexity index is 517. The van der Waals surface area contributed by atoms with Gasteiger partial charge < -0.3 is 10.4 Å². The lowest BCUT2D eigenvalue weighted by Gasteiger charge is -2.09. The van der Waals surface area contributed by atoms with Gasteiger partial charge in [-0.05, 0) is 24.3 Å². The maximum atomic E-state index is 9.77. The van der Waals surface area contributed by atoms with Crippen molar-refractivity contribution in [3.63, 3.8) is 0 Å². The van der Waals surface area contributed by atoms with Gasteiger partial charge in [-0.3, -0.25) is 0 Å². The van der Waals surface area contributed by atoms with Crippen LogP contribution in [0.25, 0.3) is 0 Å². The molecule has 96 valence electrons. The van der Waals surface area contributed by atoms with Gasteiger partial charge in [0.2, 0.25) is 0 Å². The molecule has 0 aliphatic carbocycles. The Hall–Kier alpha value is -1.09. The standard InChI is InChI=1S/C13H11Cl2NO.ClH/c14-10-6-9(13(17)12(15)7-10)8-16-11-4-2-1-3-5-11;/h1-7,16-17H,8H2;1H. The largest absolute Gasteiger partial charge is 0.506 e. The molecule has 0 atom stereocenters. The average molecular weight is 305 g/mol. The molecule has 0 bridgehead atoms. The summed E-state index contributed by atoms with van der Waals surface area (Å²) in [5.41, 5.74) is 1.65. The number of hydrogen-bond acceptors (Lipinski definition) is 2. The fraction of sp³-hybridized carbons (Fsp3) is 0.0769. The SMILES string of the molecule is Cl.Oc1c(Cl)cc(Cl)cc1CNc1ccccc1. The van der Waals surface area contributed by atoms with Gasteiger partial charge in [-0.2, -0.15) is 0 Å². The van der Waals surface area contributed by atoms with Gasteiger partial charge >= 0.3 is 0 Å². The van der Waals surface area contributed by atoms with Crippen molar-refractivity contribution < 1.29 is 5.11 Å². The summed E-state index contributed by atoms with van der Waals surface area (Å²) in [7, 11) is 0. The summed E-state index contributed by atoms with van der Waals surface area (Å²) < 4.78 is 0. The molecule has 2 nitrogen and oxygen atoms in total. The minimum atomic E-state index is 0. The van der Waals surface area contributed by atoms with Crippen molar-refractivity contribution in [1.82, 2.24) is 0 Å². The molecule has 2 aromatic carbocycles. The molecule has 2 rings (SSSR count). The number of aromatic hydroxyl groups is 1. The molecule has 5 heteroatoms. The minimum Gasteiger partial charge on any atom is -0.506 e.